The molecule has 0 unspecified atom stereocenters. The van der Waals surface area contributed by atoms with Gasteiger partial charge in [0.25, 0.3) is 5.91 Å². The van der Waals surface area contributed by atoms with Gasteiger partial charge in [0.05, 0.1) is 0 Å². The van der Waals surface area contributed by atoms with Gasteiger partial charge in [0, 0.05) is 34.1 Å². The van der Waals surface area contributed by atoms with E-state index in [-0.39, 0.29) is 17.4 Å². The summed E-state index contributed by atoms with van der Waals surface area (Å²) < 4.78 is 3.45. The summed E-state index contributed by atoms with van der Waals surface area (Å²) in [7, 11) is 0. The van der Waals surface area contributed by atoms with Crippen molar-refractivity contribution >= 4 is 40.2 Å². The second-order valence-electron chi connectivity index (χ2n) is 9.40. The molecule has 6 nitrogen and oxygen atoms in total. The first-order chi connectivity index (χ1) is 16.8. The summed E-state index contributed by atoms with van der Waals surface area (Å²) in [4.78, 5) is 30.2. The zero-order chi connectivity index (χ0) is 24.8. The van der Waals surface area contributed by atoms with Gasteiger partial charge in [-0.05, 0) is 67.9 Å². The van der Waals surface area contributed by atoms with E-state index in [9.17, 15) is 9.59 Å². The van der Waals surface area contributed by atoms with E-state index in [2.05, 4.69) is 47.2 Å². The van der Waals surface area contributed by atoms with Crippen LogP contribution in [0.1, 0.15) is 36.8 Å². The Morgan fingerprint density at radius 1 is 0.886 bits per heavy atom. The second-order valence-corrected chi connectivity index (χ2v) is 10.2. The normalized spacial score (nSPS) is 12.3. The number of carbonyl (C=O) groups is 2. The molecule has 0 spiro atoms. The molecule has 1 aromatic heterocycles. The van der Waals surface area contributed by atoms with Gasteiger partial charge in [0.15, 0.2) is 0 Å². The number of fused-ring (bicyclic) bond motifs is 1. The predicted octanol–water partition coefficient (Wildman–Crippen LogP) is 5.54. The third-order valence-electron chi connectivity index (χ3n) is 5.35. The quantitative estimate of drug-likeness (QED) is 0.246. The molecule has 0 bridgehead atoms. The summed E-state index contributed by atoms with van der Waals surface area (Å²) >= 11 is 1.58. The van der Waals surface area contributed by atoms with Gasteiger partial charge < -0.3 is 15.6 Å². The number of rotatable bonds is 8. The Labute approximate surface area is 210 Å². The molecule has 7 heteroatoms. The number of aromatic amines is 1. The molecule has 4 aromatic rings. The topological polar surface area (TPSA) is 86.0 Å². The number of aromatic nitrogens is 1. The molecule has 0 aliphatic heterocycles. The Kier molecular flexibility index (Phi) is 7.58. The largest absolute Gasteiger partial charge is 0.357 e. The number of benzene rings is 3. The molecule has 4 N–H and O–H groups in total. The highest BCUT2D eigenvalue weighted by molar-refractivity contribution is 7.97. The molecule has 0 saturated carbocycles. The first-order valence-corrected chi connectivity index (χ1v) is 12.4. The van der Waals surface area contributed by atoms with E-state index >= 15 is 0 Å². The minimum absolute atomic E-state index is 0.0410. The second kappa shape index (κ2) is 10.8. The number of hydrogen-bond donors (Lipinski definition) is 4. The Hall–Kier alpha value is -3.55. The third-order valence-corrected chi connectivity index (χ3v) is 6.64. The Morgan fingerprint density at radius 2 is 1.63 bits per heavy atom. The van der Waals surface area contributed by atoms with Crippen LogP contribution in [0.25, 0.3) is 10.8 Å². The van der Waals surface area contributed by atoms with Crippen molar-refractivity contribution in [3.63, 3.8) is 0 Å². The standard InChI is InChI=1S/C28H30N4O2S/c1-28(2,3)32-35-25-16-8-12-20-21(25)13-7-14-22(20)30-27(34)24(18-19-10-5-4-6-11-19)31-26(33)23-15-9-17-29-23/h4-17,24,29,32H,18H2,1-3H3,(H,30,34)(H,31,33)/t24-/m0/s1. The summed E-state index contributed by atoms with van der Waals surface area (Å²) in [5, 5.41) is 7.93. The van der Waals surface area contributed by atoms with Crippen molar-refractivity contribution < 1.29 is 9.59 Å². The average molecular weight is 487 g/mol. The molecule has 2 amide bonds. The number of H-pyrrole nitrogens is 1. The molecule has 35 heavy (non-hydrogen) atoms. The lowest BCUT2D eigenvalue weighted by Crippen LogP contribution is -2.45. The number of anilines is 1. The van der Waals surface area contributed by atoms with E-state index in [1.54, 1.807) is 30.3 Å². The van der Waals surface area contributed by atoms with E-state index in [1.807, 2.05) is 60.7 Å². The van der Waals surface area contributed by atoms with Gasteiger partial charge in [0.1, 0.15) is 11.7 Å². The van der Waals surface area contributed by atoms with Crippen molar-refractivity contribution in [2.24, 2.45) is 0 Å². The number of amides is 2. The Morgan fingerprint density at radius 3 is 2.34 bits per heavy atom. The van der Waals surface area contributed by atoms with E-state index < -0.39 is 6.04 Å². The van der Waals surface area contributed by atoms with Gasteiger partial charge in [-0.15, -0.1) is 0 Å². The van der Waals surface area contributed by atoms with Crippen LogP contribution in [0.15, 0.2) is 90.0 Å². The molecule has 0 radical (unpaired) electrons. The summed E-state index contributed by atoms with van der Waals surface area (Å²) in [6, 6.07) is 24.3. The van der Waals surface area contributed by atoms with Crippen LogP contribution in [-0.2, 0) is 11.2 Å². The van der Waals surface area contributed by atoms with Crippen molar-refractivity contribution in [2.75, 3.05) is 5.32 Å². The minimum Gasteiger partial charge on any atom is -0.357 e. The molecular weight excluding hydrogens is 456 g/mol. The first-order valence-electron chi connectivity index (χ1n) is 11.5. The highest BCUT2D eigenvalue weighted by Gasteiger charge is 2.23. The van der Waals surface area contributed by atoms with Crippen molar-refractivity contribution in [1.29, 1.82) is 0 Å². The first kappa shape index (κ1) is 24.6. The highest BCUT2D eigenvalue weighted by Crippen LogP contribution is 2.32. The zero-order valence-corrected chi connectivity index (χ0v) is 20.9. The van der Waals surface area contributed by atoms with Gasteiger partial charge in [-0.2, -0.15) is 0 Å². The fraction of sp³-hybridized carbons (Fsp3) is 0.214. The van der Waals surface area contributed by atoms with Crippen LogP contribution in [0.2, 0.25) is 0 Å². The SMILES string of the molecule is CC(C)(C)NSc1cccc2c(NC(=O)[C@H](Cc3ccccc3)NC(=O)c3ccc[nH]3)cccc12. The monoisotopic (exact) mass is 486 g/mol. The molecule has 0 fully saturated rings. The van der Waals surface area contributed by atoms with E-state index in [4.69, 9.17) is 0 Å². The van der Waals surface area contributed by atoms with Gasteiger partial charge in [-0.25, -0.2) is 0 Å². The Balaban J connectivity index is 1.59. The van der Waals surface area contributed by atoms with Crippen LogP contribution in [0, 0.1) is 0 Å². The van der Waals surface area contributed by atoms with Crippen LogP contribution in [-0.4, -0.2) is 28.4 Å². The predicted molar refractivity (Wildman–Crippen MR) is 144 cm³/mol. The average Bonchev–Trinajstić information content (AvgIpc) is 3.38. The van der Waals surface area contributed by atoms with Crippen LogP contribution in [0.5, 0.6) is 0 Å². The molecule has 180 valence electrons. The summed E-state index contributed by atoms with van der Waals surface area (Å²) in [6.07, 6.45) is 2.06. The van der Waals surface area contributed by atoms with Crippen molar-refractivity contribution in [1.82, 2.24) is 15.0 Å². The molecular formula is C28H30N4O2S. The summed E-state index contributed by atoms with van der Waals surface area (Å²) in [6.45, 7) is 6.35. The maximum Gasteiger partial charge on any atom is 0.268 e. The molecule has 4 rings (SSSR count). The van der Waals surface area contributed by atoms with Crippen LogP contribution in [0.4, 0.5) is 5.69 Å². The lowest BCUT2D eigenvalue weighted by Gasteiger charge is -2.21. The molecule has 0 aliphatic carbocycles. The van der Waals surface area contributed by atoms with Gasteiger partial charge in [0.2, 0.25) is 5.91 Å². The van der Waals surface area contributed by atoms with Crippen LogP contribution < -0.4 is 15.4 Å². The van der Waals surface area contributed by atoms with E-state index in [0.29, 0.717) is 17.8 Å². The fourth-order valence-electron chi connectivity index (χ4n) is 3.67. The van der Waals surface area contributed by atoms with Crippen molar-refractivity contribution in [3.05, 3.63) is 96.3 Å². The van der Waals surface area contributed by atoms with E-state index in [1.165, 1.54) is 0 Å². The lowest BCUT2D eigenvalue weighted by molar-refractivity contribution is -0.118. The number of nitrogens with one attached hydrogen (secondary N) is 4. The maximum absolute atomic E-state index is 13.5. The fourth-order valence-corrected chi connectivity index (χ4v) is 4.52. The number of hydrogen-bond acceptors (Lipinski definition) is 4. The number of carbonyl (C=O) groups excluding carboxylic acids is 2. The van der Waals surface area contributed by atoms with Crippen LogP contribution >= 0.6 is 11.9 Å². The van der Waals surface area contributed by atoms with E-state index in [0.717, 1.165) is 21.2 Å². The lowest BCUT2D eigenvalue weighted by atomic mass is 10.0. The smallest absolute Gasteiger partial charge is 0.268 e. The third kappa shape index (κ3) is 6.53. The van der Waals surface area contributed by atoms with Gasteiger partial charge in [-0.3, -0.25) is 14.3 Å². The summed E-state index contributed by atoms with van der Waals surface area (Å²) in [5.74, 6) is -0.594. The zero-order valence-electron chi connectivity index (χ0n) is 20.1. The minimum atomic E-state index is -0.747. The molecule has 3 aromatic carbocycles. The molecule has 1 heterocycles. The van der Waals surface area contributed by atoms with Crippen molar-refractivity contribution in [3.8, 4) is 0 Å². The van der Waals surface area contributed by atoms with Crippen molar-refractivity contribution in [2.45, 2.75) is 43.7 Å². The van der Waals surface area contributed by atoms with Crippen LogP contribution in [0.3, 0.4) is 0 Å². The molecule has 0 aliphatic rings. The highest BCUT2D eigenvalue weighted by atomic mass is 32.2. The summed E-state index contributed by atoms with van der Waals surface area (Å²) in [5.41, 5.74) is 2.04. The molecule has 0 saturated heterocycles. The molecule has 1 atom stereocenters. The van der Waals surface area contributed by atoms with Gasteiger partial charge in [-0.1, -0.05) is 54.6 Å². The Bertz CT molecular complexity index is 1300. The van der Waals surface area contributed by atoms with Gasteiger partial charge >= 0.3 is 0 Å². The maximum atomic E-state index is 13.5.